The topological polar surface area (TPSA) is 81.4 Å². The zero-order valence-corrected chi connectivity index (χ0v) is 12.1. The van der Waals surface area contributed by atoms with E-state index in [2.05, 4.69) is 0 Å². The van der Waals surface area contributed by atoms with Crippen LogP contribution in [0.5, 0.6) is 0 Å². The Hall–Kier alpha value is -0.280. The predicted molar refractivity (Wildman–Crippen MR) is 72.9 cm³/mol. The molecule has 0 spiro atoms. The van der Waals surface area contributed by atoms with Gasteiger partial charge in [0.25, 0.3) is 0 Å². The number of nitrogens with two attached hydrogens (primary N) is 1. The van der Waals surface area contributed by atoms with E-state index < -0.39 is 0 Å². The van der Waals surface area contributed by atoms with Crippen molar-refractivity contribution in [3.05, 3.63) is 0 Å². The minimum atomic E-state index is -0.0999. The second-order valence-corrected chi connectivity index (χ2v) is 4.25. The summed E-state index contributed by atoms with van der Waals surface area (Å²) in [6.07, 6.45) is -0.0999. The molecular weight excluding hydrogens is 266 g/mol. The molecule has 0 aliphatic carbocycles. The van der Waals surface area contributed by atoms with Gasteiger partial charge in [0.05, 0.1) is 78.8 Å². The lowest BCUT2D eigenvalue weighted by atomic mass is 10.4. The Morgan fingerprint density at radius 2 is 1.00 bits per heavy atom. The standard InChI is InChI=1S/C13H27NO6/c14-11-13-12-19-8-7-17-4-3-15-1-2-16-5-6-18-9-10-20-13/h13H,1-12,14H2/t13-/m1/s1. The van der Waals surface area contributed by atoms with Gasteiger partial charge in [0.15, 0.2) is 0 Å². The van der Waals surface area contributed by atoms with Gasteiger partial charge in [-0.2, -0.15) is 0 Å². The van der Waals surface area contributed by atoms with Crippen molar-refractivity contribution in [3.63, 3.8) is 0 Å². The highest BCUT2D eigenvalue weighted by Gasteiger charge is 2.07. The zero-order valence-electron chi connectivity index (χ0n) is 12.1. The van der Waals surface area contributed by atoms with Crippen molar-refractivity contribution in [1.29, 1.82) is 0 Å². The van der Waals surface area contributed by atoms with Gasteiger partial charge in [-0.25, -0.2) is 0 Å². The third kappa shape index (κ3) is 10.5. The van der Waals surface area contributed by atoms with E-state index in [1.165, 1.54) is 0 Å². The van der Waals surface area contributed by atoms with Crippen molar-refractivity contribution in [3.8, 4) is 0 Å². The van der Waals surface area contributed by atoms with Crippen LogP contribution in [0.15, 0.2) is 0 Å². The summed E-state index contributed by atoms with van der Waals surface area (Å²) in [6.45, 7) is 6.37. The molecule has 0 aromatic heterocycles. The Labute approximate surface area is 120 Å². The summed E-state index contributed by atoms with van der Waals surface area (Å²) in [4.78, 5) is 0. The van der Waals surface area contributed by atoms with E-state index in [1.54, 1.807) is 0 Å². The summed E-state index contributed by atoms with van der Waals surface area (Å²) in [6, 6.07) is 0. The predicted octanol–water partition coefficient (Wildman–Crippen LogP) is -0.573. The molecule has 20 heavy (non-hydrogen) atoms. The van der Waals surface area contributed by atoms with Crippen LogP contribution in [0.1, 0.15) is 0 Å². The maximum absolute atomic E-state index is 5.61. The fourth-order valence-corrected chi connectivity index (χ4v) is 1.55. The summed E-state index contributed by atoms with van der Waals surface area (Å²) in [5, 5.41) is 0. The lowest BCUT2D eigenvalue weighted by molar-refractivity contribution is -0.0574. The lowest BCUT2D eigenvalue weighted by Gasteiger charge is -2.16. The number of rotatable bonds is 1. The second kappa shape index (κ2) is 13.7. The van der Waals surface area contributed by atoms with E-state index in [9.17, 15) is 0 Å². The van der Waals surface area contributed by atoms with Crippen molar-refractivity contribution in [1.82, 2.24) is 0 Å². The first-order valence-corrected chi connectivity index (χ1v) is 7.14. The monoisotopic (exact) mass is 293 g/mol. The van der Waals surface area contributed by atoms with Crippen molar-refractivity contribution in [2.45, 2.75) is 6.10 Å². The van der Waals surface area contributed by atoms with Gasteiger partial charge in [0.1, 0.15) is 0 Å². The Kier molecular flexibility index (Phi) is 12.2. The summed E-state index contributed by atoms with van der Waals surface area (Å²) in [7, 11) is 0. The molecule has 7 heteroatoms. The highest BCUT2D eigenvalue weighted by atomic mass is 16.6. The van der Waals surface area contributed by atoms with Crippen molar-refractivity contribution >= 4 is 0 Å². The molecule has 0 unspecified atom stereocenters. The average Bonchev–Trinajstić information content (AvgIpc) is 2.47. The fraction of sp³-hybridized carbons (Fsp3) is 1.00. The summed E-state index contributed by atoms with van der Waals surface area (Å²) in [5.41, 5.74) is 5.61. The average molecular weight is 293 g/mol. The van der Waals surface area contributed by atoms with E-state index in [1.807, 2.05) is 0 Å². The van der Waals surface area contributed by atoms with Crippen LogP contribution in [0, 0.1) is 0 Å². The third-order valence-corrected chi connectivity index (χ3v) is 2.64. The van der Waals surface area contributed by atoms with Gasteiger partial charge in [-0.1, -0.05) is 0 Å². The smallest absolute Gasteiger partial charge is 0.0931 e. The van der Waals surface area contributed by atoms with E-state index in [-0.39, 0.29) is 6.10 Å². The first-order chi connectivity index (χ1) is 9.93. The molecule has 1 atom stereocenters. The van der Waals surface area contributed by atoms with Crippen LogP contribution in [0.25, 0.3) is 0 Å². The van der Waals surface area contributed by atoms with Crippen LogP contribution in [0.2, 0.25) is 0 Å². The minimum Gasteiger partial charge on any atom is -0.377 e. The van der Waals surface area contributed by atoms with Crippen LogP contribution in [0.4, 0.5) is 0 Å². The van der Waals surface area contributed by atoms with Crippen LogP contribution >= 0.6 is 0 Å². The van der Waals surface area contributed by atoms with Gasteiger partial charge in [0.2, 0.25) is 0 Å². The molecule has 1 fully saturated rings. The van der Waals surface area contributed by atoms with Gasteiger partial charge in [0, 0.05) is 6.54 Å². The zero-order chi connectivity index (χ0) is 14.3. The minimum absolute atomic E-state index is 0.0999. The molecule has 0 saturated carbocycles. The van der Waals surface area contributed by atoms with Gasteiger partial charge in [-0.3, -0.25) is 0 Å². The van der Waals surface area contributed by atoms with Crippen LogP contribution in [-0.4, -0.2) is 85.3 Å². The van der Waals surface area contributed by atoms with Crippen molar-refractivity contribution < 1.29 is 28.4 Å². The molecule has 1 aliphatic heterocycles. The maximum atomic E-state index is 5.61. The third-order valence-electron chi connectivity index (χ3n) is 2.64. The Morgan fingerprint density at radius 1 is 0.600 bits per heavy atom. The van der Waals surface area contributed by atoms with Crippen molar-refractivity contribution in [2.75, 3.05) is 79.2 Å². The second-order valence-electron chi connectivity index (χ2n) is 4.25. The van der Waals surface area contributed by atoms with E-state index >= 15 is 0 Å². The number of hydrogen-bond donors (Lipinski definition) is 1. The molecule has 1 heterocycles. The first-order valence-electron chi connectivity index (χ1n) is 7.14. The Balaban J connectivity index is 2.14. The van der Waals surface area contributed by atoms with E-state index in [4.69, 9.17) is 34.2 Å². The van der Waals surface area contributed by atoms with E-state index in [0.29, 0.717) is 79.2 Å². The van der Waals surface area contributed by atoms with E-state index in [0.717, 1.165) is 0 Å². The normalized spacial score (nSPS) is 26.6. The Bertz CT molecular complexity index is 189. The van der Waals surface area contributed by atoms with Gasteiger partial charge in [-0.05, 0) is 0 Å². The quantitative estimate of drug-likeness (QED) is 0.693. The molecule has 0 amide bonds. The highest BCUT2D eigenvalue weighted by molar-refractivity contribution is 4.57. The molecule has 2 N–H and O–H groups in total. The lowest BCUT2D eigenvalue weighted by Crippen LogP contribution is -2.30. The fourth-order valence-electron chi connectivity index (χ4n) is 1.55. The molecule has 120 valence electrons. The molecule has 0 aromatic carbocycles. The molecule has 7 nitrogen and oxygen atoms in total. The van der Waals surface area contributed by atoms with Crippen LogP contribution in [0.3, 0.4) is 0 Å². The first kappa shape index (κ1) is 17.8. The van der Waals surface area contributed by atoms with Gasteiger partial charge in [-0.15, -0.1) is 0 Å². The highest BCUT2D eigenvalue weighted by Crippen LogP contribution is 1.93. The van der Waals surface area contributed by atoms with Gasteiger partial charge >= 0.3 is 0 Å². The summed E-state index contributed by atoms with van der Waals surface area (Å²) < 4.78 is 32.5. The molecule has 0 bridgehead atoms. The SMILES string of the molecule is NC[C@@H]1COCCOCCOCCOCCOCCO1. The molecular formula is C13H27NO6. The summed E-state index contributed by atoms with van der Waals surface area (Å²) in [5.74, 6) is 0. The summed E-state index contributed by atoms with van der Waals surface area (Å²) >= 11 is 0. The molecule has 1 rings (SSSR count). The molecule has 0 aromatic rings. The van der Waals surface area contributed by atoms with Crippen molar-refractivity contribution in [2.24, 2.45) is 5.73 Å². The molecule has 1 aliphatic rings. The maximum Gasteiger partial charge on any atom is 0.0931 e. The Morgan fingerprint density at radius 3 is 1.45 bits per heavy atom. The largest absolute Gasteiger partial charge is 0.377 e. The number of ether oxygens (including phenoxy) is 6. The van der Waals surface area contributed by atoms with Crippen LogP contribution < -0.4 is 5.73 Å². The number of hydrogen-bond acceptors (Lipinski definition) is 7. The molecule has 0 radical (unpaired) electrons. The molecule has 1 saturated heterocycles. The van der Waals surface area contributed by atoms with Gasteiger partial charge < -0.3 is 34.2 Å². The van der Waals surface area contributed by atoms with Crippen LogP contribution in [-0.2, 0) is 28.4 Å².